The number of furan rings is 1. The average molecular weight is 227 g/mol. The van der Waals surface area contributed by atoms with Crippen LogP contribution < -0.4 is 5.32 Å². The van der Waals surface area contributed by atoms with Crippen molar-refractivity contribution in [2.24, 2.45) is 0 Å². The molecule has 0 amide bonds. The van der Waals surface area contributed by atoms with Gasteiger partial charge >= 0.3 is 0 Å². The molecule has 1 unspecified atom stereocenters. The molecule has 1 aromatic heterocycles. The minimum atomic E-state index is 0.640. The van der Waals surface area contributed by atoms with Crippen molar-refractivity contribution in [2.75, 3.05) is 12.3 Å². The van der Waals surface area contributed by atoms with E-state index in [-0.39, 0.29) is 0 Å². The van der Waals surface area contributed by atoms with Crippen LogP contribution in [0.1, 0.15) is 32.4 Å². The van der Waals surface area contributed by atoms with E-state index >= 15 is 0 Å². The van der Waals surface area contributed by atoms with E-state index in [2.05, 4.69) is 19.2 Å². The summed E-state index contributed by atoms with van der Waals surface area (Å²) >= 11 is 1.86. The molecule has 1 N–H and O–H groups in total. The fraction of sp³-hybridized carbons (Fsp3) is 0.667. The van der Waals surface area contributed by atoms with Crippen molar-refractivity contribution < 1.29 is 4.42 Å². The van der Waals surface area contributed by atoms with Gasteiger partial charge in [-0.25, -0.2) is 0 Å². The van der Waals surface area contributed by atoms with E-state index in [4.69, 9.17) is 4.42 Å². The molecule has 1 heterocycles. The molecule has 3 heteroatoms. The zero-order chi connectivity index (χ0) is 11.1. The summed E-state index contributed by atoms with van der Waals surface area (Å²) in [6.45, 7) is 7.55. The van der Waals surface area contributed by atoms with E-state index in [9.17, 15) is 0 Å². The van der Waals surface area contributed by atoms with Crippen LogP contribution in [0.15, 0.2) is 21.6 Å². The lowest BCUT2D eigenvalue weighted by atomic mass is 10.2. The smallest absolute Gasteiger partial charge is 0.114 e. The molecule has 0 fully saturated rings. The molecular formula is C12H21NOS. The first-order chi connectivity index (χ1) is 7.24. The van der Waals surface area contributed by atoms with Crippen molar-refractivity contribution in [3.05, 3.63) is 18.1 Å². The third kappa shape index (κ3) is 4.76. The minimum Gasteiger partial charge on any atom is -0.468 e. The highest BCUT2D eigenvalue weighted by molar-refractivity contribution is 7.99. The SMILES string of the molecule is CCCC(C)NCCSc1ccoc1C. The zero-order valence-electron chi connectivity index (χ0n) is 9.88. The van der Waals surface area contributed by atoms with E-state index in [0.29, 0.717) is 6.04 Å². The number of hydrogen-bond donors (Lipinski definition) is 1. The molecule has 2 nitrogen and oxygen atoms in total. The maximum absolute atomic E-state index is 5.24. The lowest BCUT2D eigenvalue weighted by Crippen LogP contribution is -2.27. The summed E-state index contributed by atoms with van der Waals surface area (Å²) < 4.78 is 5.24. The normalized spacial score (nSPS) is 13.0. The number of rotatable bonds is 7. The summed E-state index contributed by atoms with van der Waals surface area (Å²) in [7, 11) is 0. The van der Waals surface area contributed by atoms with E-state index in [1.165, 1.54) is 17.7 Å². The summed E-state index contributed by atoms with van der Waals surface area (Å²) in [6, 6.07) is 2.68. The quantitative estimate of drug-likeness (QED) is 0.570. The number of hydrogen-bond acceptors (Lipinski definition) is 3. The molecule has 0 bridgehead atoms. The molecule has 1 atom stereocenters. The number of aryl methyl sites for hydroxylation is 1. The van der Waals surface area contributed by atoms with E-state index < -0.39 is 0 Å². The van der Waals surface area contributed by atoms with E-state index in [1.54, 1.807) is 6.26 Å². The van der Waals surface area contributed by atoms with Gasteiger partial charge in [0.1, 0.15) is 5.76 Å². The van der Waals surface area contributed by atoms with Gasteiger partial charge < -0.3 is 9.73 Å². The lowest BCUT2D eigenvalue weighted by Gasteiger charge is -2.11. The van der Waals surface area contributed by atoms with Crippen LogP contribution in [0, 0.1) is 6.92 Å². The molecule has 1 aromatic rings. The Bertz CT molecular complexity index is 272. The van der Waals surface area contributed by atoms with Gasteiger partial charge in [-0.05, 0) is 26.3 Å². The van der Waals surface area contributed by atoms with Gasteiger partial charge in [-0.15, -0.1) is 11.8 Å². The molecule has 0 aliphatic heterocycles. The molecule has 0 aromatic carbocycles. The summed E-state index contributed by atoms with van der Waals surface area (Å²) in [5.41, 5.74) is 0. The molecular weight excluding hydrogens is 206 g/mol. The number of thioether (sulfide) groups is 1. The largest absolute Gasteiger partial charge is 0.468 e. The molecule has 0 radical (unpaired) electrons. The number of nitrogens with one attached hydrogen (secondary N) is 1. The van der Waals surface area contributed by atoms with Crippen LogP contribution in [0.3, 0.4) is 0 Å². The van der Waals surface area contributed by atoms with Crippen molar-refractivity contribution in [3.63, 3.8) is 0 Å². The summed E-state index contributed by atoms with van der Waals surface area (Å²) in [6.07, 6.45) is 4.27. The Kier molecular flexibility index (Phi) is 5.88. The standard InChI is InChI=1S/C12H21NOS/c1-4-5-10(2)13-7-9-15-12-6-8-14-11(12)3/h6,8,10,13H,4-5,7,9H2,1-3H3. The first-order valence-electron chi connectivity index (χ1n) is 5.64. The highest BCUT2D eigenvalue weighted by atomic mass is 32.2. The maximum Gasteiger partial charge on any atom is 0.114 e. The zero-order valence-corrected chi connectivity index (χ0v) is 10.7. The van der Waals surface area contributed by atoms with Crippen LogP contribution >= 0.6 is 11.8 Å². The van der Waals surface area contributed by atoms with Crippen LogP contribution in [0.2, 0.25) is 0 Å². The Balaban J connectivity index is 2.09. The Hall–Kier alpha value is -0.410. The lowest BCUT2D eigenvalue weighted by molar-refractivity contribution is 0.524. The Morgan fingerprint density at radius 3 is 2.93 bits per heavy atom. The van der Waals surface area contributed by atoms with Crippen LogP contribution in [0.5, 0.6) is 0 Å². The third-order valence-electron chi connectivity index (χ3n) is 2.39. The second-order valence-corrected chi connectivity index (χ2v) is 4.97. The molecule has 0 spiro atoms. The topological polar surface area (TPSA) is 25.2 Å². The van der Waals surface area contributed by atoms with Crippen LogP contribution in [0.25, 0.3) is 0 Å². The predicted octanol–water partition coefficient (Wildman–Crippen LogP) is 3.46. The van der Waals surface area contributed by atoms with Gasteiger partial charge in [0.15, 0.2) is 0 Å². The Labute approximate surface area is 96.8 Å². The summed E-state index contributed by atoms with van der Waals surface area (Å²) in [5.74, 6) is 2.13. The first kappa shape index (κ1) is 12.7. The fourth-order valence-electron chi connectivity index (χ4n) is 1.52. The van der Waals surface area contributed by atoms with Crippen LogP contribution in [-0.2, 0) is 0 Å². The van der Waals surface area contributed by atoms with Crippen molar-refractivity contribution in [1.29, 1.82) is 0 Å². The highest BCUT2D eigenvalue weighted by Gasteiger charge is 2.02. The Morgan fingerprint density at radius 2 is 2.33 bits per heavy atom. The van der Waals surface area contributed by atoms with E-state index in [0.717, 1.165) is 18.1 Å². The fourth-order valence-corrected chi connectivity index (χ4v) is 2.37. The highest BCUT2D eigenvalue weighted by Crippen LogP contribution is 2.22. The first-order valence-corrected chi connectivity index (χ1v) is 6.63. The second kappa shape index (κ2) is 6.96. The van der Waals surface area contributed by atoms with Crippen molar-refractivity contribution >= 4 is 11.8 Å². The van der Waals surface area contributed by atoms with Gasteiger partial charge in [-0.2, -0.15) is 0 Å². The maximum atomic E-state index is 5.24. The molecule has 0 aliphatic carbocycles. The second-order valence-electron chi connectivity index (χ2n) is 3.83. The van der Waals surface area contributed by atoms with Crippen molar-refractivity contribution in [1.82, 2.24) is 5.32 Å². The van der Waals surface area contributed by atoms with Crippen LogP contribution in [-0.4, -0.2) is 18.3 Å². The average Bonchev–Trinajstić information content (AvgIpc) is 2.60. The summed E-state index contributed by atoms with van der Waals surface area (Å²) in [5, 5.41) is 3.51. The van der Waals surface area contributed by atoms with Gasteiger partial charge in [-0.3, -0.25) is 0 Å². The van der Waals surface area contributed by atoms with Gasteiger partial charge in [0.25, 0.3) is 0 Å². The molecule has 1 rings (SSSR count). The van der Waals surface area contributed by atoms with Crippen LogP contribution in [0.4, 0.5) is 0 Å². The summed E-state index contributed by atoms with van der Waals surface area (Å²) in [4.78, 5) is 1.26. The van der Waals surface area contributed by atoms with Crippen molar-refractivity contribution in [3.8, 4) is 0 Å². The monoisotopic (exact) mass is 227 g/mol. The minimum absolute atomic E-state index is 0.640. The van der Waals surface area contributed by atoms with Crippen molar-refractivity contribution in [2.45, 2.75) is 44.6 Å². The molecule has 0 saturated carbocycles. The third-order valence-corrected chi connectivity index (χ3v) is 3.53. The molecule has 15 heavy (non-hydrogen) atoms. The molecule has 86 valence electrons. The van der Waals surface area contributed by atoms with Gasteiger partial charge in [0, 0.05) is 23.2 Å². The Morgan fingerprint density at radius 1 is 1.53 bits per heavy atom. The van der Waals surface area contributed by atoms with Gasteiger partial charge in [-0.1, -0.05) is 13.3 Å². The van der Waals surface area contributed by atoms with Gasteiger partial charge in [0.2, 0.25) is 0 Å². The molecule has 0 saturated heterocycles. The van der Waals surface area contributed by atoms with Gasteiger partial charge in [0.05, 0.1) is 6.26 Å². The predicted molar refractivity (Wildman–Crippen MR) is 66.5 cm³/mol. The molecule has 0 aliphatic rings. The van der Waals surface area contributed by atoms with E-state index in [1.807, 2.05) is 24.8 Å².